The molecule has 0 radical (unpaired) electrons. The van der Waals surface area contributed by atoms with Gasteiger partial charge in [-0.05, 0) is 58.2 Å². The van der Waals surface area contributed by atoms with Crippen molar-refractivity contribution >= 4 is 29.9 Å². The van der Waals surface area contributed by atoms with Crippen molar-refractivity contribution in [2.24, 2.45) is 4.99 Å². The van der Waals surface area contributed by atoms with Crippen molar-refractivity contribution in [3.05, 3.63) is 17.5 Å². The lowest BCUT2D eigenvalue weighted by molar-refractivity contribution is 0.330. The molecule has 1 aliphatic heterocycles. The number of likely N-dealkylation sites (tertiary alicyclic amines) is 1. The highest BCUT2D eigenvalue weighted by Gasteiger charge is 2.10. The molecule has 0 amide bonds. The summed E-state index contributed by atoms with van der Waals surface area (Å²) in [6.07, 6.45) is 5.15. The molecular formula is C18H34IN5O. The fraction of sp³-hybridized carbons (Fsp3) is 0.778. The summed E-state index contributed by atoms with van der Waals surface area (Å²) in [5.74, 6) is 2.04. The number of halogens is 1. The SMILES string of the molecule is CCNC(=NCc1cc(C(C)C)no1)NCCCCN1CCCC1.I. The van der Waals surface area contributed by atoms with Crippen molar-refractivity contribution in [3.63, 3.8) is 0 Å². The van der Waals surface area contributed by atoms with Gasteiger partial charge in [0.15, 0.2) is 11.7 Å². The highest BCUT2D eigenvalue weighted by atomic mass is 127. The lowest BCUT2D eigenvalue weighted by Gasteiger charge is -2.15. The van der Waals surface area contributed by atoms with E-state index in [0.717, 1.165) is 30.5 Å². The normalized spacial score (nSPS) is 15.4. The summed E-state index contributed by atoms with van der Waals surface area (Å²) in [5, 5.41) is 10.8. The standard InChI is InChI=1S/C18H33N5O.HI/c1-4-19-18(20-9-5-6-10-23-11-7-8-12-23)21-14-16-13-17(15(2)3)22-24-16;/h13,15H,4-12,14H2,1-3H3,(H2,19,20,21);1H. The molecule has 1 aliphatic rings. The zero-order valence-electron chi connectivity index (χ0n) is 15.9. The maximum Gasteiger partial charge on any atom is 0.191 e. The Morgan fingerprint density at radius 3 is 2.68 bits per heavy atom. The topological polar surface area (TPSA) is 65.7 Å². The van der Waals surface area contributed by atoms with E-state index in [4.69, 9.17) is 4.52 Å². The molecule has 25 heavy (non-hydrogen) atoms. The molecule has 0 unspecified atom stereocenters. The first-order valence-corrected chi connectivity index (χ1v) is 9.39. The number of unbranched alkanes of at least 4 members (excludes halogenated alkanes) is 1. The van der Waals surface area contributed by atoms with Gasteiger partial charge in [-0.3, -0.25) is 0 Å². The number of nitrogens with zero attached hydrogens (tertiary/aromatic N) is 3. The first-order chi connectivity index (χ1) is 11.7. The number of hydrogen-bond acceptors (Lipinski definition) is 4. The molecular weight excluding hydrogens is 429 g/mol. The van der Waals surface area contributed by atoms with Gasteiger partial charge in [0.1, 0.15) is 6.54 Å². The van der Waals surface area contributed by atoms with Gasteiger partial charge < -0.3 is 20.1 Å². The average molecular weight is 463 g/mol. The Balaban J connectivity index is 0.00000312. The zero-order chi connectivity index (χ0) is 17.2. The zero-order valence-corrected chi connectivity index (χ0v) is 18.2. The van der Waals surface area contributed by atoms with E-state index in [2.05, 4.69) is 46.5 Å². The highest BCUT2D eigenvalue weighted by molar-refractivity contribution is 14.0. The van der Waals surface area contributed by atoms with Crippen LogP contribution < -0.4 is 10.6 Å². The van der Waals surface area contributed by atoms with Crippen molar-refractivity contribution in [1.29, 1.82) is 0 Å². The van der Waals surface area contributed by atoms with Crippen LogP contribution in [0.4, 0.5) is 0 Å². The van der Waals surface area contributed by atoms with Gasteiger partial charge in [0.05, 0.1) is 5.69 Å². The van der Waals surface area contributed by atoms with E-state index < -0.39 is 0 Å². The largest absolute Gasteiger partial charge is 0.359 e. The smallest absolute Gasteiger partial charge is 0.191 e. The van der Waals surface area contributed by atoms with E-state index in [0.29, 0.717) is 12.5 Å². The molecule has 2 N–H and O–H groups in total. The Morgan fingerprint density at radius 2 is 2.04 bits per heavy atom. The van der Waals surface area contributed by atoms with E-state index >= 15 is 0 Å². The van der Waals surface area contributed by atoms with Gasteiger partial charge in [0.2, 0.25) is 0 Å². The average Bonchev–Trinajstić information content (AvgIpc) is 3.23. The molecule has 1 fully saturated rings. The fourth-order valence-electron chi connectivity index (χ4n) is 2.85. The molecule has 1 aromatic heterocycles. The molecule has 0 aliphatic carbocycles. The summed E-state index contributed by atoms with van der Waals surface area (Å²) < 4.78 is 5.34. The van der Waals surface area contributed by atoms with Crippen LogP contribution in [0.15, 0.2) is 15.6 Å². The molecule has 1 saturated heterocycles. The predicted octanol–water partition coefficient (Wildman–Crippen LogP) is 3.35. The molecule has 1 aromatic rings. The predicted molar refractivity (Wildman–Crippen MR) is 114 cm³/mol. The van der Waals surface area contributed by atoms with Gasteiger partial charge in [0.25, 0.3) is 0 Å². The highest BCUT2D eigenvalue weighted by Crippen LogP contribution is 2.14. The lowest BCUT2D eigenvalue weighted by atomic mass is 10.1. The Morgan fingerprint density at radius 1 is 1.28 bits per heavy atom. The minimum absolute atomic E-state index is 0. The van der Waals surface area contributed by atoms with Crippen LogP contribution >= 0.6 is 24.0 Å². The van der Waals surface area contributed by atoms with E-state index in [9.17, 15) is 0 Å². The summed E-state index contributed by atoms with van der Waals surface area (Å²) in [7, 11) is 0. The van der Waals surface area contributed by atoms with Gasteiger partial charge >= 0.3 is 0 Å². The van der Waals surface area contributed by atoms with E-state index in [-0.39, 0.29) is 24.0 Å². The summed E-state index contributed by atoms with van der Waals surface area (Å²) in [6.45, 7) is 12.4. The van der Waals surface area contributed by atoms with Crippen LogP contribution in [0.2, 0.25) is 0 Å². The van der Waals surface area contributed by atoms with Gasteiger partial charge in [-0.25, -0.2) is 4.99 Å². The van der Waals surface area contributed by atoms with Gasteiger partial charge in [0, 0.05) is 19.2 Å². The second-order valence-electron chi connectivity index (χ2n) is 6.75. The summed E-state index contributed by atoms with van der Waals surface area (Å²) in [5.41, 5.74) is 0.986. The second-order valence-corrected chi connectivity index (χ2v) is 6.75. The number of guanidine groups is 1. The van der Waals surface area contributed by atoms with Crippen LogP contribution in [0.25, 0.3) is 0 Å². The Labute approximate surface area is 169 Å². The van der Waals surface area contributed by atoms with Gasteiger partial charge in [-0.1, -0.05) is 19.0 Å². The van der Waals surface area contributed by atoms with Crippen LogP contribution in [0.5, 0.6) is 0 Å². The molecule has 2 heterocycles. The van der Waals surface area contributed by atoms with E-state index in [1.807, 2.05) is 6.07 Å². The Kier molecular flexibility index (Phi) is 11.1. The molecule has 0 saturated carbocycles. The molecule has 0 aromatic carbocycles. The third kappa shape index (κ3) is 8.40. The third-order valence-corrected chi connectivity index (χ3v) is 4.30. The maximum absolute atomic E-state index is 5.34. The van der Waals surface area contributed by atoms with Crippen molar-refractivity contribution < 1.29 is 4.52 Å². The quantitative estimate of drug-likeness (QED) is 0.255. The van der Waals surface area contributed by atoms with Crippen molar-refractivity contribution in [1.82, 2.24) is 20.7 Å². The van der Waals surface area contributed by atoms with E-state index in [1.54, 1.807) is 0 Å². The summed E-state index contributed by atoms with van der Waals surface area (Å²) in [6, 6.07) is 1.99. The van der Waals surface area contributed by atoms with E-state index in [1.165, 1.54) is 45.3 Å². The van der Waals surface area contributed by atoms with Crippen LogP contribution in [-0.2, 0) is 6.54 Å². The molecule has 2 rings (SSSR count). The summed E-state index contributed by atoms with van der Waals surface area (Å²) >= 11 is 0. The lowest BCUT2D eigenvalue weighted by Crippen LogP contribution is -2.38. The van der Waals surface area contributed by atoms with Gasteiger partial charge in [-0.2, -0.15) is 0 Å². The first-order valence-electron chi connectivity index (χ1n) is 9.39. The molecule has 0 atom stereocenters. The van der Waals surface area contributed by atoms with Crippen molar-refractivity contribution in [2.75, 3.05) is 32.7 Å². The molecule has 144 valence electrons. The molecule has 0 spiro atoms. The number of rotatable bonds is 9. The first kappa shape index (κ1) is 22.2. The minimum Gasteiger partial charge on any atom is -0.359 e. The molecule has 0 bridgehead atoms. The number of aliphatic imine (C=N–C) groups is 1. The van der Waals surface area contributed by atoms with Crippen molar-refractivity contribution in [2.45, 2.75) is 58.9 Å². The maximum atomic E-state index is 5.34. The van der Waals surface area contributed by atoms with Crippen LogP contribution in [0.1, 0.15) is 63.8 Å². The fourth-order valence-corrected chi connectivity index (χ4v) is 2.85. The molecule has 6 nitrogen and oxygen atoms in total. The Hall–Kier alpha value is -0.830. The summed E-state index contributed by atoms with van der Waals surface area (Å²) in [4.78, 5) is 7.15. The number of nitrogens with one attached hydrogen (secondary N) is 2. The van der Waals surface area contributed by atoms with Gasteiger partial charge in [-0.15, -0.1) is 24.0 Å². The van der Waals surface area contributed by atoms with Crippen LogP contribution in [0.3, 0.4) is 0 Å². The third-order valence-electron chi connectivity index (χ3n) is 4.30. The molecule has 7 heteroatoms. The minimum atomic E-state index is 0. The Bertz CT molecular complexity index is 497. The number of hydrogen-bond donors (Lipinski definition) is 2. The number of aromatic nitrogens is 1. The van der Waals surface area contributed by atoms with Crippen molar-refractivity contribution in [3.8, 4) is 0 Å². The monoisotopic (exact) mass is 463 g/mol. The second kappa shape index (κ2) is 12.5. The van der Waals surface area contributed by atoms with Crippen LogP contribution in [-0.4, -0.2) is 48.7 Å². The van der Waals surface area contributed by atoms with Crippen LogP contribution in [0, 0.1) is 0 Å².